The molecule has 2 heteroatoms. The number of hydrogen-bond donors (Lipinski definition) is 0. The molecule has 0 unspecified atom stereocenters. The van der Waals surface area contributed by atoms with Crippen LogP contribution in [-0.2, 0) is 10.8 Å². The molecule has 0 bridgehead atoms. The van der Waals surface area contributed by atoms with Crippen molar-refractivity contribution in [2.24, 2.45) is 0 Å². The summed E-state index contributed by atoms with van der Waals surface area (Å²) < 4.78 is 0. The molecule has 0 aliphatic heterocycles. The van der Waals surface area contributed by atoms with E-state index in [1.54, 1.807) is 0 Å². The molecule has 12 rings (SSSR count). The molecule has 0 saturated heterocycles. The standard InChI is InChI=1S/C64H52N2/c1-41-35-49(65(46-23-9-7-10-24-46)48-33-31-45(32-34-48)52-29-17-21-43-19-13-15-27-51(43)52)37-58-61(41)54-39-57-55(40-56(54)63(58,3)4)62-42(2)36-50(38-59(62)64(57,5)6)66(47-25-11-8-12-26-47)60-30-18-22-44-20-14-16-28-53(44)60/h7-40H,1-6H3. The van der Waals surface area contributed by atoms with Gasteiger partial charge in [-0.05, 0) is 176 Å². The average Bonchev–Trinajstić information content (AvgIpc) is 3.71. The van der Waals surface area contributed by atoms with E-state index in [1.807, 2.05) is 0 Å². The number of fused-ring (bicyclic) bond motifs is 8. The molecule has 10 aromatic rings. The lowest BCUT2D eigenvalue weighted by Gasteiger charge is -2.29. The minimum absolute atomic E-state index is 0.218. The minimum Gasteiger partial charge on any atom is -0.310 e. The average molecular weight is 849 g/mol. The van der Waals surface area contributed by atoms with Gasteiger partial charge in [0.15, 0.2) is 0 Å². The quantitative estimate of drug-likeness (QED) is 0.158. The van der Waals surface area contributed by atoms with E-state index >= 15 is 0 Å². The molecule has 0 radical (unpaired) electrons. The zero-order valence-electron chi connectivity index (χ0n) is 38.5. The zero-order valence-corrected chi connectivity index (χ0v) is 38.5. The molecular formula is C64H52N2. The molecule has 0 atom stereocenters. The fourth-order valence-corrected chi connectivity index (χ4v) is 11.5. The molecule has 0 aromatic heterocycles. The third kappa shape index (κ3) is 6.08. The van der Waals surface area contributed by atoms with Gasteiger partial charge in [-0.2, -0.15) is 0 Å². The maximum absolute atomic E-state index is 2.56. The van der Waals surface area contributed by atoms with E-state index in [1.165, 1.54) is 105 Å². The Kier molecular flexibility index (Phi) is 9.03. The van der Waals surface area contributed by atoms with Gasteiger partial charge in [0.25, 0.3) is 0 Å². The topological polar surface area (TPSA) is 6.48 Å². The van der Waals surface area contributed by atoms with E-state index in [0.717, 1.165) is 17.1 Å². The molecule has 2 aliphatic carbocycles. The first-order valence-electron chi connectivity index (χ1n) is 23.3. The molecule has 318 valence electrons. The molecular weight excluding hydrogens is 797 g/mol. The van der Waals surface area contributed by atoms with Crippen molar-refractivity contribution in [3.63, 3.8) is 0 Å². The maximum Gasteiger partial charge on any atom is 0.0540 e. The van der Waals surface area contributed by atoms with Crippen LogP contribution in [0.25, 0.3) is 54.9 Å². The van der Waals surface area contributed by atoms with Gasteiger partial charge in [-0.25, -0.2) is 0 Å². The summed E-state index contributed by atoms with van der Waals surface area (Å²) in [5.41, 5.74) is 22.6. The molecule has 10 aromatic carbocycles. The van der Waals surface area contributed by atoms with Crippen LogP contribution in [0.2, 0.25) is 0 Å². The van der Waals surface area contributed by atoms with Gasteiger partial charge in [0, 0.05) is 44.7 Å². The Bertz CT molecular complexity index is 3530. The molecule has 0 heterocycles. The van der Waals surface area contributed by atoms with Crippen molar-refractivity contribution in [1.82, 2.24) is 0 Å². The predicted octanol–water partition coefficient (Wildman–Crippen LogP) is 17.8. The number of hydrogen-bond acceptors (Lipinski definition) is 2. The second-order valence-electron chi connectivity index (χ2n) is 19.5. The van der Waals surface area contributed by atoms with E-state index in [2.05, 4.69) is 258 Å². The Morgan fingerprint density at radius 3 is 1.33 bits per heavy atom. The van der Waals surface area contributed by atoms with Crippen LogP contribution in [0.3, 0.4) is 0 Å². The fourth-order valence-electron chi connectivity index (χ4n) is 11.5. The van der Waals surface area contributed by atoms with Gasteiger partial charge in [0.1, 0.15) is 0 Å². The molecule has 2 nitrogen and oxygen atoms in total. The summed E-state index contributed by atoms with van der Waals surface area (Å²) in [6.45, 7) is 14.3. The highest BCUT2D eigenvalue weighted by Crippen LogP contribution is 2.59. The molecule has 66 heavy (non-hydrogen) atoms. The lowest BCUT2D eigenvalue weighted by Crippen LogP contribution is -2.18. The minimum atomic E-state index is -0.222. The largest absolute Gasteiger partial charge is 0.310 e. The first kappa shape index (κ1) is 39.9. The van der Waals surface area contributed by atoms with E-state index in [9.17, 15) is 0 Å². The van der Waals surface area contributed by atoms with Crippen molar-refractivity contribution in [3.05, 3.63) is 240 Å². The normalized spacial score (nSPS) is 13.8. The van der Waals surface area contributed by atoms with Gasteiger partial charge < -0.3 is 9.80 Å². The van der Waals surface area contributed by atoms with Crippen molar-refractivity contribution >= 4 is 55.7 Å². The highest BCUT2D eigenvalue weighted by atomic mass is 15.1. The number of nitrogens with zero attached hydrogens (tertiary/aromatic N) is 2. The summed E-state index contributed by atoms with van der Waals surface area (Å²) in [6, 6.07) is 76.3. The van der Waals surface area contributed by atoms with Gasteiger partial charge in [0.05, 0.1) is 5.69 Å². The van der Waals surface area contributed by atoms with Crippen molar-refractivity contribution < 1.29 is 0 Å². The van der Waals surface area contributed by atoms with Crippen molar-refractivity contribution in [2.75, 3.05) is 9.80 Å². The van der Waals surface area contributed by atoms with Crippen LogP contribution in [0, 0.1) is 13.8 Å². The predicted molar refractivity (Wildman–Crippen MR) is 281 cm³/mol. The molecule has 0 amide bonds. The van der Waals surface area contributed by atoms with Crippen LogP contribution in [0.4, 0.5) is 34.1 Å². The monoisotopic (exact) mass is 848 g/mol. The fraction of sp³-hybridized carbons (Fsp3) is 0.125. The lowest BCUT2D eigenvalue weighted by molar-refractivity contribution is 0.652. The number of rotatable bonds is 7. The second-order valence-corrected chi connectivity index (χ2v) is 19.5. The van der Waals surface area contributed by atoms with E-state index in [4.69, 9.17) is 0 Å². The van der Waals surface area contributed by atoms with Crippen LogP contribution in [0.1, 0.15) is 61.1 Å². The zero-order chi connectivity index (χ0) is 44.9. The van der Waals surface area contributed by atoms with Crippen LogP contribution >= 0.6 is 0 Å². The van der Waals surface area contributed by atoms with Gasteiger partial charge in [-0.1, -0.05) is 155 Å². The lowest BCUT2D eigenvalue weighted by atomic mass is 9.79. The van der Waals surface area contributed by atoms with Crippen molar-refractivity contribution in [2.45, 2.75) is 52.4 Å². The van der Waals surface area contributed by atoms with Crippen LogP contribution in [0.5, 0.6) is 0 Å². The highest BCUT2D eigenvalue weighted by Gasteiger charge is 2.43. The smallest absolute Gasteiger partial charge is 0.0540 e. The third-order valence-corrected chi connectivity index (χ3v) is 14.8. The number of anilines is 6. The number of para-hydroxylation sites is 2. The van der Waals surface area contributed by atoms with Gasteiger partial charge in [0.2, 0.25) is 0 Å². The Hall–Kier alpha value is -7.68. The van der Waals surface area contributed by atoms with Gasteiger partial charge in [-0.15, -0.1) is 0 Å². The summed E-state index contributed by atoms with van der Waals surface area (Å²) in [5, 5.41) is 5.00. The molecule has 0 spiro atoms. The van der Waals surface area contributed by atoms with Crippen LogP contribution < -0.4 is 9.80 Å². The summed E-state index contributed by atoms with van der Waals surface area (Å²) in [6.07, 6.45) is 0. The Morgan fingerprint density at radius 1 is 0.318 bits per heavy atom. The van der Waals surface area contributed by atoms with Gasteiger partial charge in [-0.3, -0.25) is 0 Å². The number of benzene rings is 10. The SMILES string of the molecule is Cc1cc(N(c2ccccc2)c2ccc(-c3cccc4ccccc34)cc2)cc2c1-c1cc3c(cc1C2(C)C)-c1c(C)cc(N(c2ccccc2)c2cccc4ccccc24)cc1C3(C)C. The summed E-state index contributed by atoms with van der Waals surface area (Å²) in [4.78, 5) is 4.88. The van der Waals surface area contributed by atoms with Gasteiger partial charge >= 0.3 is 0 Å². The molecule has 0 N–H and O–H groups in total. The second kappa shape index (κ2) is 14.9. The summed E-state index contributed by atoms with van der Waals surface area (Å²) in [5.74, 6) is 0. The maximum atomic E-state index is 2.56. The Morgan fingerprint density at radius 2 is 0.758 bits per heavy atom. The molecule has 0 fully saturated rings. The first-order chi connectivity index (χ1) is 32.1. The number of aryl methyl sites for hydroxylation is 2. The highest BCUT2D eigenvalue weighted by molar-refractivity contribution is 6.01. The van der Waals surface area contributed by atoms with Crippen LogP contribution in [-0.4, -0.2) is 0 Å². The first-order valence-corrected chi connectivity index (χ1v) is 23.3. The van der Waals surface area contributed by atoms with Crippen molar-refractivity contribution in [3.8, 4) is 33.4 Å². The summed E-state index contributed by atoms with van der Waals surface area (Å²) >= 11 is 0. The van der Waals surface area contributed by atoms with E-state index < -0.39 is 0 Å². The van der Waals surface area contributed by atoms with E-state index in [0.29, 0.717) is 0 Å². The molecule has 2 aliphatic rings. The Labute approximate surface area is 389 Å². The third-order valence-electron chi connectivity index (χ3n) is 14.8. The van der Waals surface area contributed by atoms with Crippen molar-refractivity contribution in [1.29, 1.82) is 0 Å². The summed E-state index contributed by atoms with van der Waals surface area (Å²) in [7, 11) is 0. The van der Waals surface area contributed by atoms with E-state index in [-0.39, 0.29) is 10.8 Å². The van der Waals surface area contributed by atoms with Crippen LogP contribution in [0.15, 0.2) is 206 Å². The Balaban J connectivity index is 0.960. The molecule has 0 saturated carbocycles.